The minimum absolute atomic E-state index is 0.198. The molecule has 0 aromatic heterocycles. The number of carbonyl (C=O) groups is 5. The monoisotopic (exact) mass is 626 g/mol. The molecule has 15 nitrogen and oxygen atoms in total. The van der Waals surface area contributed by atoms with Crippen molar-refractivity contribution in [2.75, 3.05) is 70.1 Å². The highest BCUT2D eigenvalue weighted by Gasteiger charge is 2.39. The highest BCUT2D eigenvalue weighted by molar-refractivity contribution is 6.05. The topological polar surface area (TPSA) is 197 Å². The number of ether oxygens (including phenoxy) is 3. The lowest BCUT2D eigenvalue weighted by atomic mass is 10.0. The molecule has 0 aliphatic carbocycles. The summed E-state index contributed by atoms with van der Waals surface area (Å²) in [5.74, 6) is -1.32. The zero-order chi connectivity index (χ0) is 32.0. The van der Waals surface area contributed by atoms with Gasteiger partial charge in [-0.25, -0.2) is 4.79 Å². The van der Waals surface area contributed by atoms with E-state index in [1.165, 1.54) is 4.90 Å². The molecule has 0 spiro atoms. The number of aliphatic hydroxyl groups excluding tert-OH is 1. The number of piperidine rings is 1. The quantitative estimate of drug-likeness (QED) is 0.0813. The summed E-state index contributed by atoms with van der Waals surface area (Å²) in [5.41, 5.74) is 2.90. The number of amides is 6. The first-order valence-electron chi connectivity index (χ1n) is 14.6. The summed E-state index contributed by atoms with van der Waals surface area (Å²) < 4.78 is 15.4. The summed E-state index contributed by atoms with van der Waals surface area (Å²) >= 11 is 0. The fourth-order valence-corrected chi connectivity index (χ4v) is 4.82. The minimum Gasteiger partial charge on any atom is -0.383 e. The lowest BCUT2D eigenvalue weighted by Gasteiger charge is -2.29. The van der Waals surface area contributed by atoms with E-state index in [1.807, 2.05) is 6.07 Å². The molecule has 6 amide bonds. The van der Waals surface area contributed by atoms with Crippen LogP contribution in [0, 0.1) is 0 Å². The number of hydrogen-bond donors (Lipinski definition) is 6. The zero-order valence-electron chi connectivity index (χ0n) is 24.8. The fraction of sp³-hybridized carbons (Fsp3) is 0.433. The molecule has 242 valence electrons. The second-order valence-electron chi connectivity index (χ2n) is 10.2. The number of anilines is 2. The van der Waals surface area contributed by atoms with Gasteiger partial charge in [0.05, 0.1) is 33.0 Å². The number of hydrogen-bond acceptors (Lipinski definition) is 10. The third-order valence-electron chi connectivity index (χ3n) is 7.01. The summed E-state index contributed by atoms with van der Waals surface area (Å²) in [4.78, 5) is 62.9. The van der Waals surface area contributed by atoms with E-state index < -0.39 is 18.0 Å². The van der Waals surface area contributed by atoms with E-state index >= 15 is 0 Å². The predicted molar refractivity (Wildman–Crippen MR) is 161 cm³/mol. The predicted octanol–water partition coefficient (Wildman–Crippen LogP) is 0.411. The van der Waals surface area contributed by atoms with Gasteiger partial charge < -0.3 is 45.5 Å². The molecule has 0 radical (unpaired) electrons. The van der Waals surface area contributed by atoms with Gasteiger partial charge in [-0.3, -0.25) is 24.5 Å². The van der Waals surface area contributed by atoms with Crippen molar-refractivity contribution >= 4 is 41.0 Å². The summed E-state index contributed by atoms with van der Waals surface area (Å²) in [7, 11) is 0. The summed E-state index contributed by atoms with van der Waals surface area (Å²) in [6.07, 6.45) is 0.502. The average Bonchev–Trinajstić information content (AvgIpc) is 3.35. The summed E-state index contributed by atoms with van der Waals surface area (Å²) in [5, 5.41) is 22.2. The molecular formula is C30H38N6O9. The Morgan fingerprint density at radius 1 is 0.889 bits per heavy atom. The second kappa shape index (κ2) is 17.1. The van der Waals surface area contributed by atoms with Gasteiger partial charge in [-0.05, 0) is 48.4 Å². The number of nitrogens with zero attached hydrogens (tertiary/aromatic N) is 1. The van der Waals surface area contributed by atoms with Crippen LogP contribution in [0.1, 0.15) is 39.1 Å². The molecule has 1 unspecified atom stereocenters. The number of imide groups is 1. The van der Waals surface area contributed by atoms with Crippen molar-refractivity contribution in [3.05, 3.63) is 59.2 Å². The van der Waals surface area contributed by atoms with E-state index in [4.69, 9.17) is 19.3 Å². The molecule has 6 N–H and O–H groups in total. The highest BCUT2D eigenvalue weighted by atomic mass is 16.6. The molecule has 1 fully saturated rings. The van der Waals surface area contributed by atoms with Crippen molar-refractivity contribution in [1.82, 2.24) is 20.9 Å². The van der Waals surface area contributed by atoms with E-state index in [-0.39, 0.29) is 37.5 Å². The van der Waals surface area contributed by atoms with Gasteiger partial charge in [0.1, 0.15) is 12.8 Å². The van der Waals surface area contributed by atoms with Crippen molar-refractivity contribution in [3.8, 4) is 0 Å². The van der Waals surface area contributed by atoms with Crippen LogP contribution in [0.2, 0.25) is 0 Å². The van der Waals surface area contributed by atoms with Crippen LogP contribution in [0.3, 0.4) is 0 Å². The Balaban J connectivity index is 1.12. The Hall–Kier alpha value is -4.57. The number of aliphatic hydroxyl groups is 1. The number of urea groups is 1. The van der Waals surface area contributed by atoms with Crippen LogP contribution < -0.4 is 26.6 Å². The van der Waals surface area contributed by atoms with Crippen molar-refractivity contribution < 1.29 is 43.3 Å². The molecule has 4 rings (SSSR count). The van der Waals surface area contributed by atoms with Crippen LogP contribution in [0.4, 0.5) is 16.2 Å². The molecule has 15 heteroatoms. The van der Waals surface area contributed by atoms with Gasteiger partial charge in [0.2, 0.25) is 11.8 Å². The number of fused-ring (bicyclic) bond motifs is 1. The van der Waals surface area contributed by atoms with Gasteiger partial charge >= 0.3 is 6.03 Å². The molecule has 1 atom stereocenters. The number of benzene rings is 2. The second-order valence-corrected chi connectivity index (χ2v) is 10.2. The third kappa shape index (κ3) is 9.97. The SMILES string of the molecule is O=C1CCC(N2Cc3cc(NCCNC(=O)Nc4cccc(C(=O)NCCOCCOCCOCO)c4)ccc3C2=O)C(=O)N1. The first-order valence-corrected chi connectivity index (χ1v) is 14.6. The van der Waals surface area contributed by atoms with Gasteiger partial charge in [-0.2, -0.15) is 0 Å². The normalized spacial score (nSPS) is 15.8. The van der Waals surface area contributed by atoms with Gasteiger partial charge in [-0.1, -0.05) is 6.07 Å². The Morgan fingerprint density at radius 2 is 1.67 bits per heavy atom. The molecule has 0 bridgehead atoms. The van der Waals surface area contributed by atoms with Crippen LogP contribution in [0.5, 0.6) is 0 Å². The van der Waals surface area contributed by atoms with Crippen LogP contribution in [-0.4, -0.2) is 105 Å². The maximum atomic E-state index is 12.8. The molecule has 2 aliphatic rings. The Bertz CT molecular complexity index is 1370. The zero-order valence-corrected chi connectivity index (χ0v) is 24.8. The van der Waals surface area contributed by atoms with Crippen LogP contribution in [0.25, 0.3) is 0 Å². The molecule has 2 aliphatic heterocycles. The molecule has 1 saturated heterocycles. The Labute approximate surface area is 259 Å². The van der Waals surface area contributed by atoms with Crippen LogP contribution in [0.15, 0.2) is 42.5 Å². The molecule has 2 aromatic carbocycles. The molecule has 2 aromatic rings. The average molecular weight is 627 g/mol. The third-order valence-corrected chi connectivity index (χ3v) is 7.01. The van der Waals surface area contributed by atoms with Crippen LogP contribution in [-0.2, 0) is 30.3 Å². The van der Waals surface area contributed by atoms with E-state index in [0.717, 1.165) is 11.3 Å². The number of carbonyl (C=O) groups excluding carboxylic acids is 5. The van der Waals surface area contributed by atoms with Crippen LogP contribution >= 0.6 is 0 Å². The maximum Gasteiger partial charge on any atom is 0.319 e. The summed E-state index contributed by atoms with van der Waals surface area (Å²) in [6.45, 7) is 2.64. The lowest BCUT2D eigenvalue weighted by Crippen LogP contribution is -2.52. The van der Waals surface area contributed by atoms with Crippen molar-refractivity contribution in [1.29, 1.82) is 0 Å². The lowest BCUT2D eigenvalue weighted by molar-refractivity contribution is -0.136. The largest absolute Gasteiger partial charge is 0.383 e. The molecule has 0 saturated carbocycles. The van der Waals surface area contributed by atoms with Gasteiger partial charge in [0, 0.05) is 55.1 Å². The number of nitrogens with one attached hydrogen (secondary N) is 5. The van der Waals surface area contributed by atoms with E-state index in [9.17, 15) is 24.0 Å². The number of rotatable bonds is 17. The Morgan fingerprint density at radius 3 is 2.44 bits per heavy atom. The highest BCUT2D eigenvalue weighted by Crippen LogP contribution is 2.29. The van der Waals surface area contributed by atoms with Crippen molar-refractivity contribution in [2.45, 2.75) is 25.4 Å². The first kappa shape index (κ1) is 33.3. The molecule has 45 heavy (non-hydrogen) atoms. The standard InChI is InChI=1S/C30H38N6O9/c37-19-45-15-14-44-13-12-43-11-10-32-27(39)20-2-1-3-23(16-20)34-30(42)33-9-8-31-22-4-5-24-21(17-22)18-36(29(24)41)25-6-7-26(38)35-28(25)40/h1-5,16-17,25,31,37H,6-15,18-19H2,(H,32,39)(H2,33,34,42)(H,35,38,40). The minimum atomic E-state index is -0.668. The fourth-order valence-electron chi connectivity index (χ4n) is 4.82. The van der Waals surface area contributed by atoms with E-state index in [2.05, 4.69) is 26.6 Å². The molecule has 2 heterocycles. The van der Waals surface area contributed by atoms with Gasteiger partial charge in [0.15, 0.2) is 0 Å². The maximum absolute atomic E-state index is 12.8. The summed E-state index contributed by atoms with van der Waals surface area (Å²) in [6, 6.07) is 10.8. The van der Waals surface area contributed by atoms with Gasteiger partial charge in [-0.15, -0.1) is 0 Å². The Kier molecular flexibility index (Phi) is 12.6. The smallest absolute Gasteiger partial charge is 0.319 e. The molecular weight excluding hydrogens is 588 g/mol. The van der Waals surface area contributed by atoms with Crippen molar-refractivity contribution in [2.24, 2.45) is 0 Å². The van der Waals surface area contributed by atoms with Gasteiger partial charge in [0.25, 0.3) is 11.8 Å². The van der Waals surface area contributed by atoms with Crippen molar-refractivity contribution in [3.63, 3.8) is 0 Å². The van der Waals surface area contributed by atoms with E-state index in [1.54, 1.807) is 36.4 Å². The van der Waals surface area contributed by atoms with E-state index in [0.29, 0.717) is 75.9 Å². The first-order chi connectivity index (χ1) is 21.9.